The lowest BCUT2D eigenvalue weighted by molar-refractivity contribution is 0.0712. The average Bonchev–Trinajstić information content (AvgIpc) is 2.40. The molecule has 1 fully saturated rings. The van der Waals surface area contributed by atoms with E-state index in [2.05, 4.69) is 10.6 Å². The highest BCUT2D eigenvalue weighted by atomic mass is 35.5. The number of halogens is 1. The molecule has 2 unspecified atom stereocenters. The molecule has 0 bridgehead atoms. The zero-order valence-corrected chi connectivity index (χ0v) is 11.5. The Balaban J connectivity index is 1.76. The van der Waals surface area contributed by atoms with Crippen molar-refractivity contribution in [3.63, 3.8) is 0 Å². The fourth-order valence-electron chi connectivity index (χ4n) is 2.36. The van der Waals surface area contributed by atoms with Gasteiger partial charge in [0.25, 0.3) is 0 Å². The Hall–Kier alpha value is -1.26. The van der Waals surface area contributed by atoms with Crippen LogP contribution in [0.15, 0.2) is 24.3 Å². The summed E-state index contributed by atoms with van der Waals surface area (Å²) in [7, 11) is 0. The van der Waals surface area contributed by atoms with Crippen LogP contribution in [-0.4, -0.2) is 23.8 Å². The summed E-state index contributed by atoms with van der Waals surface area (Å²) in [5.41, 5.74) is 0.700. The highest BCUT2D eigenvalue weighted by Gasteiger charge is 2.23. The first-order chi connectivity index (χ1) is 9.15. The van der Waals surface area contributed by atoms with E-state index in [1.54, 1.807) is 24.3 Å². The minimum atomic E-state index is -0.287. The third kappa shape index (κ3) is 4.40. The summed E-state index contributed by atoms with van der Waals surface area (Å²) in [5.74, 6) is 0.171. The summed E-state index contributed by atoms with van der Waals surface area (Å²) >= 11 is 5.77. The fourth-order valence-corrected chi connectivity index (χ4v) is 2.48. The quantitative estimate of drug-likeness (QED) is 0.798. The van der Waals surface area contributed by atoms with E-state index in [1.807, 2.05) is 0 Å². The van der Waals surface area contributed by atoms with Crippen molar-refractivity contribution < 1.29 is 9.90 Å². The van der Waals surface area contributed by atoms with Gasteiger partial charge in [0.05, 0.1) is 6.10 Å². The monoisotopic (exact) mass is 282 g/mol. The minimum Gasteiger partial charge on any atom is -0.393 e. The summed E-state index contributed by atoms with van der Waals surface area (Å²) < 4.78 is 0. The molecule has 1 aliphatic rings. The van der Waals surface area contributed by atoms with E-state index in [1.165, 1.54) is 0 Å². The van der Waals surface area contributed by atoms with Crippen LogP contribution in [0.5, 0.6) is 0 Å². The zero-order valence-electron chi connectivity index (χ0n) is 10.7. The van der Waals surface area contributed by atoms with Crippen LogP contribution >= 0.6 is 11.6 Å². The number of aliphatic hydroxyl groups is 1. The van der Waals surface area contributed by atoms with E-state index in [0.717, 1.165) is 25.7 Å². The van der Waals surface area contributed by atoms with Gasteiger partial charge >= 0.3 is 6.03 Å². The largest absolute Gasteiger partial charge is 0.393 e. The molecule has 19 heavy (non-hydrogen) atoms. The van der Waals surface area contributed by atoms with Crippen LogP contribution in [0.25, 0.3) is 0 Å². The Morgan fingerprint density at radius 3 is 2.63 bits per heavy atom. The standard InChI is InChI=1S/C14H19ClN2O2/c15-11-5-7-12(8-6-11)17-14(19)16-9-10-3-1-2-4-13(10)18/h5-8,10,13,18H,1-4,9H2,(H2,16,17,19). The number of anilines is 1. The third-order valence-electron chi connectivity index (χ3n) is 3.50. The molecule has 5 heteroatoms. The maximum Gasteiger partial charge on any atom is 0.319 e. The molecule has 1 aromatic carbocycles. The normalized spacial score (nSPS) is 22.8. The number of carbonyl (C=O) groups excluding carboxylic acids is 1. The van der Waals surface area contributed by atoms with Crippen LogP contribution in [0.1, 0.15) is 25.7 Å². The van der Waals surface area contributed by atoms with Gasteiger partial charge in [-0.05, 0) is 37.1 Å². The van der Waals surface area contributed by atoms with Gasteiger partial charge in [0.1, 0.15) is 0 Å². The number of aliphatic hydroxyl groups excluding tert-OH is 1. The zero-order chi connectivity index (χ0) is 13.7. The van der Waals surface area contributed by atoms with Gasteiger partial charge in [0.15, 0.2) is 0 Å². The lowest BCUT2D eigenvalue weighted by Gasteiger charge is -2.27. The van der Waals surface area contributed by atoms with Crippen LogP contribution in [0.2, 0.25) is 5.02 Å². The maximum atomic E-state index is 11.7. The number of urea groups is 1. The number of carbonyl (C=O) groups is 1. The number of benzene rings is 1. The first-order valence-electron chi connectivity index (χ1n) is 6.63. The maximum absolute atomic E-state index is 11.7. The highest BCUT2D eigenvalue weighted by molar-refractivity contribution is 6.30. The average molecular weight is 283 g/mol. The Morgan fingerprint density at radius 2 is 1.95 bits per heavy atom. The Bertz CT molecular complexity index is 422. The molecule has 0 aliphatic heterocycles. The number of amides is 2. The van der Waals surface area contributed by atoms with Crippen LogP contribution in [0, 0.1) is 5.92 Å². The molecule has 0 saturated heterocycles. The van der Waals surface area contributed by atoms with Crippen molar-refractivity contribution in [1.82, 2.24) is 5.32 Å². The lowest BCUT2D eigenvalue weighted by atomic mass is 9.86. The van der Waals surface area contributed by atoms with Crippen molar-refractivity contribution in [2.75, 3.05) is 11.9 Å². The molecule has 0 aromatic heterocycles. The number of hydrogen-bond acceptors (Lipinski definition) is 2. The smallest absolute Gasteiger partial charge is 0.319 e. The molecule has 4 nitrogen and oxygen atoms in total. The molecule has 1 aliphatic carbocycles. The third-order valence-corrected chi connectivity index (χ3v) is 3.75. The lowest BCUT2D eigenvalue weighted by Crippen LogP contribution is -2.38. The second kappa shape index (κ2) is 6.78. The fraction of sp³-hybridized carbons (Fsp3) is 0.500. The van der Waals surface area contributed by atoms with Crippen molar-refractivity contribution >= 4 is 23.3 Å². The molecule has 0 radical (unpaired) electrons. The molecule has 0 spiro atoms. The Labute approximate surface area is 118 Å². The molecule has 1 saturated carbocycles. The number of rotatable bonds is 3. The van der Waals surface area contributed by atoms with E-state index < -0.39 is 0 Å². The van der Waals surface area contributed by atoms with E-state index in [4.69, 9.17) is 11.6 Å². The van der Waals surface area contributed by atoms with E-state index in [0.29, 0.717) is 17.3 Å². The predicted octanol–water partition coefficient (Wildman–Crippen LogP) is 3.01. The second-order valence-electron chi connectivity index (χ2n) is 4.95. The second-order valence-corrected chi connectivity index (χ2v) is 5.39. The first-order valence-corrected chi connectivity index (χ1v) is 7.01. The summed E-state index contributed by atoms with van der Waals surface area (Å²) in [4.78, 5) is 11.7. The molecular formula is C14H19ClN2O2. The first kappa shape index (κ1) is 14.2. The van der Waals surface area contributed by atoms with Crippen molar-refractivity contribution in [2.45, 2.75) is 31.8 Å². The summed E-state index contributed by atoms with van der Waals surface area (Å²) in [5, 5.41) is 16.0. The van der Waals surface area contributed by atoms with E-state index >= 15 is 0 Å². The Kier molecular flexibility index (Phi) is 5.05. The van der Waals surface area contributed by atoms with Gasteiger partial charge in [-0.15, -0.1) is 0 Å². The molecular weight excluding hydrogens is 264 g/mol. The van der Waals surface area contributed by atoms with E-state index in [-0.39, 0.29) is 18.1 Å². The molecule has 2 atom stereocenters. The van der Waals surface area contributed by atoms with Gasteiger partial charge in [-0.3, -0.25) is 0 Å². The van der Waals surface area contributed by atoms with Crippen LogP contribution in [0.4, 0.5) is 10.5 Å². The molecule has 1 aromatic rings. The van der Waals surface area contributed by atoms with E-state index in [9.17, 15) is 9.90 Å². The molecule has 0 heterocycles. The predicted molar refractivity (Wildman–Crippen MR) is 76.4 cm³/mol. The number of nitrogens with one attached hydrogen (secondary N) is 2. The minimum absolute atomic E-state index is 0.171. The van der Waals surface area contributed by atoms with Gasteiger partial charge in [-0.1, -0.05) is 24.4 Å². The topological polar surface area (TPSA) is 61.4 Å². The molecule has 104 valence electrons. The highest BCUT2D eigenvalue weighted by Crippen LogP contribution is 2.23. The summed E-state index contributed by atoms with van der Waals surface area (Å²) in [6.07, 6.45) is 3.73. The molecule has 2 amide bonds. The van der Waals surface area contributed by atoms with Gasteiger partial charge in [0, 0.05) is 23.2 Å². The Morgan fingerprint density at radius 1 is 1.26 bits per heavy atom. The molecule has 3 N–H and O–H groups in total. The van der Waals surface area contributed by atoms with Crippen LogP contribution in [-0.2, 0) is 0 Å². The summed E-state index contributed by atoms with van der Waals surface area (Å²) in [6, 6.07) is 6.69. The number of hydrogen-bond donors (Lipinski definition) is 3. The van der Waals surface area contributed by atoms with Gasteiger partial charge in [-0.2, -0.15) is 0 Å². The van der Waals surface area contributed by atoms with Crippen molar-refractivity contribution in [1.29, 1.82) is 0 Å². The SMILES string of the molecule is O=C(NCC1CCCCC1O)Nc1ccc(Cl)cc1. The molecule has 2 rings (SSSR count). The van der Waals surface area contributed by atoms with Crippen LogP contribution in [0.3, 0.4) is 0 Å². The van der Waals surface area contributed by atoms with Crippen molar-refractivity contribution in [2.24, 2.45) is 5.92 Å². The van der Waals surface area contributed by atoms with Crippen molar-refractivity contribution in [3.8, 4) is 0 Å². The summed E-state index contributed by atoms with van der Waals surface area (Å²) in [6.45, 7) is 0.514. The van der Waals surface area contributed by atoms with Gasteiger partial charge < -0.3 is 15.7 Å². The van der Waals surface area contributed by atoms with Gasteiger partial charge in [0.2, 0.25) is 0 Å². The van der Waals surface area contributed by atoms with Crippen LogP contribution < -0.4 is 10.6 Å². The van der Waals surface area contributed by atoms with Gasteiger partial charge in [-0.25, -0.2) is 4.79 Å². The van der Waals surface area contributed by atoms with Crippen molar-refractivity contribution in [3.05, 3.63) is 29.3 Å².